The number of nitrogens with one attached hydrogen (secondary N) is 2. The molecule has 176 valence electrons. The van der Waals surface area contributed by atoms with Crippen LogP contribution in [0.4, 0.5) is 31.8 Å². The first kappa shape index (κ1) is 23.1. The van der Waals surface area contributed by atoms with E-state index in [-0.39, 0.29) is 34.2 Å². The van der Waals surface area contributed by atoms with Crippen LogP contribution in [0.1, 0.15) is 5.56 Å². The minimum atomic E-state index is -0.755. The summed E-state index contributed by atoms with van der Waals surface area (Å²) in [6, 6.07) is 7.50. The number of anilines is 4. The highest BCUT2D eigenvalue weighted by Crippen LogP contribution is 2.33. The molecule has 1 amide bonds. The number of hydrogen-bond donors (Lipinski definition) is 3. The summed E-state index contributed by atoms with van der Waals surface area (Å²) >= 11 is 0. The van der Waals surface area contributed by atoms with E-state index in [2.05, 4.69) is 27.2 Å². The van der Waals surface area contributed by atoms with Gasteiger partial charge in [-0.05, 0) is 43.3 Å². The molecule has 0 aliphatic carbocycles. The molecule has 0 bridgehead atoms. The summed E-state index contributed by atoms with van der Waals surface area (Å²) in [5.74, 6) is -1.70. The van der Waals surface area contributed by atoms with E-state index < -0.39 is 17.5 Å². The van der Waals surface area contributed by atoms with Crippen LogP contribution in [-0.2, 0) is 9.53 Å². The van der Waals surface area contributed by atoms with Gasteiger partial charge in [0.1, 0.15) is 17.3 Å². The highest BCUT2D eigenvalue weighted by atomic mass is 19.1. The molecule has 3 aromatic rings. The van der Waals surface area contributed by atoms with E-state index in [4.69, 9.17) is 4.74 Å². The molecule has 3 N–H and O–H groups in total. The molecule has 0 spiro atoms. The average molecular weight is 467 g/mol. The lowest BCUT2D eigenvalue weighted by Crippen LogP contribution is -2.36. The molecule has 4 rings (SSSR count). The molecular weight excluding hydrogens is 444 g/mol. The van der Waals surface area contributed by atoms with Crippen molar-refractivity contribution in [2.24, 2.45) is 0 Å². The number of phenols is 1. The molecule has 1 fully saturated rings. The number of carbonyl (C=O) groups is 1. The van der Waals surface area contributed by atoms with Crippen LogP contribution in [0.3, 0.4) is 0 Å². The molecule has 0 unspecified atom stereocenters. The van der Waals surface area contributed by atoms with E-state index in [1.165, 1.54) is 13.0 Å². The minimum Gasteiger partial charge on any atom is -0.506 e. The predicted molar refractivity (Wildman–Crippen MR) is 125 cm³/mol. The van der Waals surface area contributed by atoms with Gasteiger partial charge in [-0.15, -0.1) is 0 Å². The van der Waals surface area contributed by atoms with Crippen LogP contribution < -0.4 is 15.5 Å². The van der Waals surface area contributed by atoms with Gasteiger partial charge in [-0.2, -0.15) is 0 Å². The maximum Gasteiger partial charge on any atom is 0.247 e. The van der Waals surface area contributed by atoms with Crippen LogP contribution in [0, 0.1) is 18.6 Å². The number of halogens is 2. The van der Waals surface area contributed by atoms with Crippen LogP contribution in [-0.4, -0.2) is 47.3 Å². The number of amides is 1. The zero-order valence-electron chi connectivity index (χ0n) is 18.4. The van der Waals surface area contributed by atoms with Gasteiger partial charge in [-0.25, -0.2) is 18.7 Å². The van der Waals surface area contributed by atoms with Gasteiger partial charge >= 0.3 is 0 Å². The van der Waals surface area contributed by atoms with Crippen molar-refractivity contribution in [3.8, 4) is 17.0 Å². The zero-order valence-corrected chi connectivity index (χ0v) is 18.4. The number of rotatable bonds is 6. The van der Waals surface area contributed by atoms with E-state index in [1.807, 2.05) is 4.90 Å². The Morgan fingerprint density at radius 2 is 1.97 bits per heavy atom. The van der Waals surface area contributed by atoms with Crippen molar-refractivity contribution >= 4 is 28.9 Å². The van der Waals surface area contributed by atoms with E-state index in [0.717, 1.165) is 18.3 Å². The molecule has 2 heterocycles. The monoisotopic (exact) mass is 467 g/mol. The highest BCUT2D eigenvalue weighted by Gasteiger charge is 2.17. The molecule has 2 aromatic carbocycles. The number of aromatic nitrogens is 2. The van der Waals surface area contributed by atoms with Crippen LogP contribution in [0.5, 0.6) is 5.75 Å². The lowest BCUT2D eigenvalue weighted by atomic mass is 10.1. The van der Waals surface area contributed by atoms with Gasteiger partial charge in [0.05, 0.1) is 25.1 Å². The van der Waals surface area contributed by atoms with Crippen molar-refractivity contribution in [2.75, 3.05) is 41.8 Å². The van der Waals surface area contributed by atoms with Gasteiger partial charge in [0.2, 0.25) is 11.9 Å². The van der Waals surface area contributed by atoms with E-state index in [1.54, 1.807) is 18.2 Å². The van der Waals surface area contributed by atoms with Crippen molar-refractivity contribution < 1.29 is 23.4 Å². The third kappa shape index (κ3) is 4.96. The van der Waals surface area contributed by atoms with E-state index >= 15 is 0 Å². The first-order chi connectivity index (χ1) is 16.4. The number of hydrogen-bond acceptors (Lipinski definition) is 7. The van der Waals surface area contributed by atoms with Gasteiger partial charge < -0.3 is 25.4 Å². The van der Waals surface area contributed by atoms with Gasteiger partial charge in [0, 0.05) is 35.6 Å². The fraction of sp³-hybridized carbons (Fsp3) is 0.208. The Morgan fingerprint density at radius 1 is 1.21 bits per heavy atom. The first-order valence-electron chi connectivity index (χ1n) is 10.5. The fourth-order valence-electron chi connectivity index (χ4n) is 3.55. The van der Waals surface area contributed by atoms with Crippen molar-refractivity contribution in [1.29, 1.82) is 0 Å². The number of carbonyl (C=O) groups excluding carboxylic acids is 1. The van der Waals surface area contributed by atoms with E-state index in [9.17, 15) is 18.7 Å². The molecule has 0 saturated carbocycles. The minimum absolute atomic E-state index is 0.0766. The summed E-state index contributed by atoms with van der Waals surface area (Å²) in [4.78, 5) is 21.9. The number of benzene rings is 2. The summed E-state index contributed by atoms with van der Waals surface area (Å²) in [7, 11) is 0. The smallest absolute Gasteiger partial charge is 0.247 e. The van der Waals surface area contributed by atoms with Crippen molar-refractivity contribution in [3.63, 3.8) is 0 Å². The molecule has 0 atom stereocenters. The maximum atomic E-state index is 14.6. The van der Waals surface area contributed by atoms with Crippen LogP contribution in [0.2, 0.25) is 0 Å². The normalized spacial score (nSPS) is 13.4. The van der Waals surface area contributed by atoms with Gasteiger partial charge in [-0.1, -0.05) is 6.58 Å². The van der Waals surface area contributed by atoms with Crippen molar-refractivity contribution in [3.05, 3.63) is 66.4 Å². The second kappa shape index (κ2) is 9.84. The molecular formula is C24H23F2N5O3. The van der Waals surface area contributed by atoms with Crippen molar-refractivity contribution in [2.45, 2.75) is 6.92 Å². The number of aromatic hydroxyl groups is 1. The Hall–Kier alpha value is -4.05. The molecule has 8 nitrogen and oxygen atoms in total. The average Bonchev–Trinajstić information content (AvgIpc) is 2.84. The summed E-state index contributed by atoms with van der Waals surface area (Å²) in [5, 5.41) is 15.8. The molecule has 1 aliphatic rings. The molecule has 0 radical (unpaired) electrons. The quantitative estimate of drug-likeness (QED) is 0.370. The first-order valence-corrected chi connectivity index (χ1v) is 10.5. The summed E-state index contributed by atoms with van der Waals surface area (Å²) < 4.78 is 34.5. The third-order valence-corrected chi connectivity index (χ3v) is 5.39. The van der Waals surface area contributed by atoms with Gasteiger partial charge in [-0.3, -0.25) is 4.79 Å². The molecule has 10 heteroatoms. The second-order valence-corrected chi connectivity index (χ2v) is 7.64. The molecule has 34 heavy (non-hydrogen) atoms. The Labute approximate surface area is 194 Å². The standard InChI is InChI=1S/C24H23F2N5O3/c1-3-22(33)29-19-11-15(10-17(25)14(19)2)23-18(26)13-27-24(30-23)28-16-4-5-21(32)20(12-16)31-6-8-34-9-7-31/h3-5,10-13,32H,1,6-9H2,2H3,(H,29,33)(H,27,28,30). The lowest BCUT2D eigenvalue weighted by molar-refractivity contribution is -0.111. The SMILES string of the molecule is C=CC(=O)Nc1cc(-c2nc(Nc3ccc(O)c(N4CCOCC4)c3)ncc2F)cc(F)c1C. The fourth-order valence-corrected chi connectivity index (χ4v) is 3.55. The number of nitrogens with zero attached hydrogens (tertiary/aromatic N) is 3. The zero-order chi connectivity index (χ0) is 24.2. The van der Waals surface area contributed by atoms with Crippen molar-refractivity contribution in [1.82, 2.24) is 9.97 Å². The summed E-state index contributed by atoms with van der Waals surface area (Å²) in [6.07, 6.45) is 2.04. The Morgan fingerprint density at radius 3 is 2.71 bits per heavy atom. The molecule has 1 aromatic heterocycles. The Kier molecular flexibility index (Phi) is 6.69. The van der Waals surface area contributed by atoms with Gasteiger partial charge in [0.25, 0.3) is 0 Å². The number of morpholine rings is 1. The molecule has 1 aliphatic heterocycles. The largest absolute Gasteiger partial charge is 0.506 e. The van der Waals surface area contributed by atoms with Crippen LogP contribution in [0.25, 0.3) is 11.3 Å². The third-order valence-electron chi connectivity index (χ3n) is 5.39. The number of ether oxygens (including phenoxy) is 1. The van der Waals surface area contributed by atoms with Crippen LogP contribution >= 0.6 is 0 Å². The second-order valence-electron chi connectivity index (χ2n) is 7.64. The maximum absolute atomic E-state index is 14.6. The lowest BCUT2D eigenvalue weighted by Gasteiger charge is -2.29. The topological polar surface area (TPSA) is 99.6 Å². The predicted octanol–water partition coefficient (Wildman–Crippen LogP) is 4.14. The summed E-state index contributed by atoms with van der Waals surface area (Å²) in [5.41, 5.74) is 1.57. The van der Waals surface area contributed by atoms with Gasteiger partial charge in [0.15, 0.2) is 5.82 Å². The Balaban J connectivity index is 1.65. The summed E-state index contributed by atoms with van der Waals surface area (Å²) in [6.45, 7) is 7.27. The van der Waals surface area contributed by atoms with Crippen LogP contribution in [0.15, 0.2) is 49.2 Å². The molecule has 1 saturated heterocycles. The Bertz CT molecular complexity index is 1250. The highest BCUT2D eigenvalue weighted by molar-refractivity contribution is 5.99. The van der Waals surface area contributed by atoms with E-state index in [0.29, 0.717) is 37.7 Å². The number of phenolic OH excluding ortho intramolecular Hbond substituents is 1.